The first kappa shape index (κ1) is 17.3. The first-order chi connectivity index (χ1) is 11.4. The second-order valence-corrected chi connectivity index (χ2v) is 8.71. The Morgan fingerprint density at radius 3 is 2.88 bits per heavy atom. The normalized spacial score (nSPS) is 18.8. The van der Waals surface area contributed by atoms with Gasteiger partial charge in [-0.3, -0.25) is 9.48 Å². The van der Waals surface area contributed by atoms with Gasteiger partial charge in [0.2, 0.25) is 10.0 Å². The molecule has 1 atom stereocenters. The SMILES string of the molecule is Cn1cc(C(=O)C[C@H]2CCCN2S(=O)(=O)c2cccc(Br)c2)cn1. The number of halogens is 1. The third kappa shape index (κ3) is 3.45. The van der Waals surface area contributed by atoms with E-state index in [1.165, 1.54) is 10.5 Å². The van der Waals surface area contributed by atoms with Crippen molar-refractivity contribution in [1.29, 1.82) is 0 Å². The number of hydrogen-bond donors (Lipinski definition) is 0. The molecule has 24 heavy (non-hydrogen) atoms. The average molecular weight is 412 g/mol. The molecule has 1 aliphatic heterocycles. The Hall–Kier alpha value is -1.51. The van der Waals surface area contributed by atoms with Crippen LogP contribution in [0.2, 0.25) is 0 Å². The molecule has 2 aromatic rings. The summed E-state index contributed by atoms with van der Waals surface area (Å²) >= 11 is 3.31. The summed E-state index contributed by atoms with van der Waals surface area (Å²) in [5.41, 5.74) is 0.518. The van der Waals surface area contributed by atoms with Crippen molar-refractivity contribution in [2.45, 2.75) is 30.2 Å². The van der Waals surface area contributed by atoms with E-state index in [9.17, 15) is 13.2 Å². The van der Waals surface area contributed by atoms with Gasteiger partial charge in [-0.1, -0.05) is 22.0 Å². The lowest BCUT2D eigenvalue weighted by Crippen LogP contribution is -2.36. The summed E-state index contributed by atoms with van der Waals surface area (Å²) in [6.07, 6.45) is 4.81. The monoisotopic (exact) mass is 411 g/mol. The molecule has 1 aromatic carbocycles. The van der Waals surface area contributed by atoms with Crippen molar-refractivity contribution in [3.05, 3.63) is 46.7 Å². The maximum Gasteiger partial charge on any atom is 0.243 e. The lowest BCUT2D eigenvalue weighted by molar-refractivity contribution is 0.0961. The first-order valence-electron chi connectivity index (χ1n) is 7.67. The fourth-order valence-corrected chi connectivity index (χ4v) is 5.28. The molecular weight excluding hydrogens is 394 g/mol. The number of carbonyl (C=O) groups excluding carboxylic acids is 1. The van der Waals surface area contributed by atoms with Gasteiger partial charge in [-0.05, 0) is 31.0 Å². The zero-order valence-electron chi connectivity index (χ0n) is 13.2. The van der Waals surface area contributed by atoms with Gasteiger partial charge in [0.1, 0.15) is 0 Å². The molecule has 0 bridgehead atoms. The van der Waals surface area contributed by atoms with Crippen LogP contribution in [0.1, 0.15) is 29.6 Å². The molecule has 0 amide bonds. The number of hydrogen-bond acceptors (Lipinski definition) is 4. The van der Waals surface area contributed by atoms with Crippen LogP contribution in [-0.4, -0.2) is 40.9 Å². The molecule has 0 aliphatic carbocycles. The maximum atomic E-state index is 12.9. The topological polar surface area (TPSA) is 72.3 Å². The van der Waals surface area contributed by atoms with Gasteiger partial charge in [0.25, 0.3) is 0 Å². The van der Waals surface area contributed by atoms with Crippen molar-refractivity contribution in [3.8, 4) is 0 Å². The lowest BCUT2D eigenvalue weighted by atomic mass is 10.1. The summed E-state index contributed by atoms with van der Waals surface area (Å²) in [5.74, 6) is -0.0792. The molecule has 1 fully saturated rings. The summed E-state index contributed by atoms with van der Waals surface area (Å²) in [6, 6.07) is 6.35. The Morgan fingerprint density at radius 2 is 2.21 bits per heavy atom. The predicted octanol–water partition coefficient (Wildman–Crippen LogP) is 2.61. The lowest BCUT2D eigenvalue weighted by Gasteiger charge is -2.23. The number of sulfonamides is 1. The molecule has 128 valence electrons. The van der Waals surface area contributed by atoms with E-state index < -0.39 is 10.0 Å². The minimum Gasteiger partial charge on any atom is -0.294 e. The number of benzene rings is 1. The molecule has 1 aromatic heterocycles. The van der Waals surface area contributed by atoms with Gasteiger partial charge in [-0.15, -0.1) is 0 Å². The standard InChI is InChI=1S/C16H18BrN3O3S/c1-19-11-12(10-18-19)16(21)9-14-5-3-7-20(14)24(22,23)15-6-2-4-13(17)8-15/h2,4,6,8,10-11,14H,3,5,7,9H2,1H3/t14-/m1/s1. The Balaban J connectivity index is 1.81. The van der Waals surface area contributed by atoms with E-state index in [2.05, 4.69) is 21.0 Å². The molecule has 0 N–H and O–H groups in total. The molecule has 0 unspecified atom stereocenters. The molecule has 2 heterocycles. The van der Waals surface area contributed by atoms with Crippen LogP contribution >= 0.6 is 15.9 Å². The van der Waals surface area contributed by atoms with E-state index in [1.54, 1.807) is 42.2 Å². The van der Waals surface area contributed by atoms with Crippen molar-refractivity contribution in [3.63, 3.8) is 0 Å². The highest BCUT2D eigenvalue weighted by molar-refractivity contribution is 9.10. The van der Waals surface area contributed by atoms with Gasteiger partial charge in [0.05, 0.1) is 16.7 Å². The second kappa shape index (κ2) is 6.78. The number of carbonyl (C=O) groups is 1. The summed E-state index contributed by atoms with van der Waals surface area (Å²) in [5, 5.41) is 4.00. The number of aromatic nitrogens is 2. The zero-order valence-corrected chi connectivity index (χ0v) is 15.6. The Kier molecular flexibility index (Phi) is 4.89. The van der Waals surface area contributed by atoms with Crippen LogP contribution in [0.25, 0.3) is 0 Å². The summed E-state index contributed by atoms with van der Waals surface area (Å²) < 4.78 is 29.5. The van der Waals surface area contributed by atoms with E-state index in [0.717, 1.165) is 6.42 Å². The largest absolute Gasteiger partial charge is 0.294 e. The number of aryl methyl sites for hydroxylation is 1. The highest BCUT2D eigenvalue weighted by Crippen LogP contribution is 2.29. The van der Waals surface area contributed by atoms with Crippen LogP contribution in [0.3, 0.4) is 0 Å². The molecule has 1 saturated heterocycles. The highest BCUT2D eigenvalue weighted by atomic mass is 79.9. The smallest absolute Gasteiger partial charge is 0.243 e. The van der Waals surface area contributed by atoms with Crippen LogP contribution in [0.5, 0.6) is 0 Å². The number of rotatable bonds is 5. The molecule has 1 aliphatic rings. The third-order valence-corrected chi connectivity index (χ3v) is 6.61. The minimum atomic E-state index is -3.60. The molecule has 8 heteroatoms. The van der Waals surface area contributed by atoms with Crippen LogP contribution in [0, 0.1) is 0 Å². The molecular formula is C16H18BrN3O3S. The number of Topliss-reactive ketones (excluding diaryl/α,β-unsaturated/α-hetero) is 1. The van der Waals surface area contributed by atoms with E-state index in [1.807, 2.05) is 0 Å². The van der Waals surface area contributed by atoms with Crippen molar-refractivity contribution in [2.75, 3.05) is 6.54 Å². The van der Waals surface area contributed by atoms with Gasteiger partial charge < -0.3 is 0 Å². The first-order valence-corrected chi connectivity index (χ1v) is 9.90. The zero-order chi connectivity index (χ0) is 17.3. The summed E-state index contributed by atoms with van der Waals surface area (Å²) in [4.78, 5) is 12.6. The van der Waals surface area contributed by atoms with Gasteiger partial charge >= 0.3 is 0 Å². The van der Waals surface area contributed by atoms with Gasteiger partial charge in [-0.25, -0.2) is 8.42 Å². The molecule has 0 spiro atoms. The van der Waals surface area contributed by atoms with E-state index in [-0.39, 0.29) is 23.1 Å². The van der Waals surface area contributed by atoms with Gasteiger partial charge in [-0.2, -0.15) is 9.40 Å². The fourth-order valence-electron chi connectivity index (χ4n) is 2.99. The Morgan fingerprint density at radius 1 is 1.42 bits per heavy atom. The summed E-state index contributed by atoms with van der Waals surface area (Å²) in [6.45, 7) is 0.444. The third-order valence-electron chi connectivity index (χ3n) is 4.17. The minimum absolute atomic E-state index is 0.0792. The van der Waals surface area contributed by atoms with Gasteiger partial charge in [0.15, 0.2) is 5.78 Å². The summed E-state index contributed by atoms with van der Waals surface area (Å²) in [7, 11) is -1.86. The van der Waals surface area contributed by atoms with Crippen molar-refractivity contribution >= 4 is 31.7 Å². The Bertz CT molecular complexity index is 863. The van der Waals surface area contributed by atoms with Crippen LogP contribution in [-0.2, 0) is 17.1 Å². The fraction of sp³-hybridized carbons (Fsp3) is 0.375. The maximum absolute atomic E-state index is 12.9. The Labute approximate surface area is 149 Å². The van der Waals surface area contributed by atoms with Crippen molar-refractivity contribution < 1.29 is 13.2 Å². The molecule has 3 rings (SSSR count). The second-order valence-electron chi connectivity index (χ2n) is 5.90. The number of nitrogens with zero attached hydrogens (tertiary/aromatic N) is 3. The predicted molar refractivity (Wildman–Crippen MR) is 93.2 cm³/mol. The highest BCUT2D eigenvalue weighted by Gasteiger charge is 2.36. The average Bonchev–Trinajstić information content (AvgIpc) is 3.16. The van der Waals surface area contributed by atoms with Crippen molar-refractivity contribution in [1.82, 2.24) is 14.1 Å². The van der Waals surface area contributed by atoms with Crippen LogP contribution in [0.15, 0.2) is 46.0 Å². The van der Waals surface area contributed by atoms with E-state index in [0.29, 0.717) is 23.0 Å². The molecule has 6 nitrogen and oxygen atoms in total. The van der Waals surface area contributed by atoms with Crippen LogP contribution < -0.4 is 0 Å². The van der Waals surface area contributed by atoms with Gasteiger partial charge in [0, 0.05) is 36.7 Å². The van der Waals surface area contributed by atoms with Crippen molar-refractivity contribution in [2.24, 2.45) is 7.05 Å². The van der Waals surface area contributed by atoms with E-state index in [4.69, 9.17) is 0 Å². The van der Waals surface area contributed by atoms with E-state index >= 15 is 0 Å². The molecule has 0 radical (unpaired) electrons. The number of ketones is 1. The molecule has 0 saturated carbocycles. The van der Waals surface area contributed by atoms with Crippen LogP contribution in [0.4, 0.5) is 0 Å². The quantitative estimate of drug-likeness (QED) is 0.708.